The average Bonchev–Trinajstić information content (AvgIpc) is 3.52. The molecule has 3 heterocycles. The first-order valence-corrected chi connectivity index (χ1v) is 11.0. The number of nitrogens with one attached hydrogen (secondary N) is 2. The maximum atomic E-state index is 12.4. The molecule has 5 aromatic rings. The summed E-state index contributed by atoms with van der Waals surface area (Å²) in [4.78, 5) is 17.0. The lowest BCUT2D eigenvalue weighted by molar-refractivity contribution is -0.115. The highest BCUT2D eigenvalue weighted by molar-refractivity contribution is 7.05. The van der Waals surface area contributed by atoms with Crippen molar-refractivity contribution < 1.29 is 4.79 Å². The molecule has 0 unspecified atom stereocenters. The highest BCUT2D eigenvalue weighted by Gasteiger charge is 2.13. The van der Waals surface area contributed by atoms with Crippen molar-refractivity contribution in [2.45, 2.75) is 12.8 Å². The predicted molar refractivity (Wildman–Crippen MR) is 125 cm³/mol. The van der Waals surface area contributed by atoms with Crippen LogP contribution in [0.4, 0.5) is 5.69 Å². The first-order chi connectivity index (χ1) is 15.5. The second-order valence-corrected chi connectivity index (χ2v) is 8.60. The van der Waals surface area contributed by atoms with Gasteiger partial charge >= 0.3 is 0 Å². The summed E-state index contributed by atoms with van der Waals surface area (Å²) in [5, 5.41) is 16.4. The van der Waals surface area contributed by atoms with Crippen molar-refractivity contribution in [2.24, 2.45) is 7.05 Å². The molecule has 0 bridgehead atoms. The molecule has 5 rings (SSSR count). The SMILES string of the molecule is Cn1cc(CC(=O)Nc2cccc(-c3nsc(Cc4ccc5[nH]ncc5c4Cl)n3)c2)cn1. The van der Waals surface area contributed by atoms with Gasteiger partial charge in [-0.15, -0.1) is 0 Å². The number of amides is 1. The summed E-state index contributed by atoms with van der Waals surface area (Å²) >= 11 is 7.88. The van der Waals surface area contributed by atoms with E-state index in [1.54, 1.807) is 17.1 Å². The number of nitrogens with zero attached hydrogens (tertiary/aromatic N) is 5. The fourth-order valence-corrected chi connectivity index (χ4v) is 4.43. The lowest BCUT2D eigenvalue weighted by atomic mass is 10.1. The summed E-state index contributed by atoms with van der Waals surface area (Å²) in [5.74, 6) is 0.514. The van der Waals surface area contributed by atoms with Crippen molar-refractivity contribution in [1.29, 1.82) is 0 Å². The van der Waals surface area contributed by atoms with Crippen LogP contribution in [-0.4, -0.2) is 35.2 Å². The molecular weight excluding hydrogens is 446 g/mol. The number of rotatable bonds is 6. The standard InChI is InChI=1S/C22H18ClN7OS/c1-30-12-13(10-25-30)7-19(31)26-16-4-2-3-15(8-16)22-27-20(32-29-22)9-14-5-6-18-17(21(14)23)11-24-28-18/h2-6,8,10-12H,7,9H2,1H3,(H,24,28)(H,26,31). The molecule has 10 heteroatoms. The molecule has 0 saturated carbocycles. The van der Waals surface area contributed by atoms with Crippen LogP contribution in [0, 0.1) is 0 Å². The molecule has 0 fully saturated rings. The first kappa shape index (κ1) is 20.3. The van der Waals surface area contributed by atoms with Crippen LogP contribution >= 0.6 is 23.1 Å². The second-order valence-electron chi connectivity index (χ2n) is 7.39. The van der Waals surface area contributed by atoms with Crippen LogP contribution in [0.2, 0.25) is 5.02 Å². The molecular formula is C22H18ClN7OS. The average molecular weight is 464 g/mol. The smallest absolute Gasteiger partial charge is 0.228 e. The first-order valence-electron chi connectivity index (χ1n) is 9.86. The van der Waals surface area contributed by atoms with E-state index in [4.69, 9.17) is 11.6 Å². The van der Waals surface area contributed by atoms with Gasteiger partial charge in [-0.1, -0.05) is 29.8 Å². The van der Waals surface area contributed by atoms with Crippen molar-refractivity contribution >= 4 is 45.6 Å². The number of fused-ring (bicyclic) bond motifs is 1. The maximum Gasteiger partial charge on any atom is 0.228 e. The van der Waals surface area contributed by atoms with Gasteiger partial charge in [0.2, 0.25) is 5.91 Å². The minimum Gasteiger partial charge on any atom is -0.326 e. The van der Waals surface area contributed by atoms with Crippen LogP contribution in [0.3, 0.4) is 0 Å². The predicted octanol–water partition coefficient (Wildman–Crippen LogP) is 4.24. The Labute approximate surface area is 192 Å². The quantitative estimate of drug-likeness (QED) is 0.392. The van der Waals surface area contributed by atoms with Gasteiger partial charge in [0.15, 0.2) is 5.82 Å². The van der Waals surface area contributed by atoms with Crippen LogP contribution < -0.4 is 5.32 Å². The zero-order valence-corrected chi connectivity index (χ0v) is 18.6. The van der Waals surface area contributed by atoms with Gasteiger partial charge in [0, 0.05) is 36.3 Å². The van der Waals surface area contributed by atoms with Gasteiger partial charge < -0.3 is 5.32 Å². The number of carbonyl (C=O) groups is 1. The molecule has 3 aromatic heterocycles. The Kier molecular flexibility index (Phi) is 5.42. The number of aromatic amines is 1. The van der Waals surface area contributed by atoms with Crippen LogP contribution in [0.25, 0.3) is 22.3 Å². The number of hydrogen-bond acceptors (Lipinski definition) is 6. The molecule has 32 heavy (non-hydrogen) atoms. The van der Waals surface area contributed by atoms with E-state index in [9.17, 15) is 4.79 Å². The van der Waals surface area contributed by atoms with E-state index in [1.807, 2.05) is 49.6 Å². The van der Waals surface area contributed by atoms with Crippen LogP contribution in [0.1, 0.15) is 16.1 Å². The van der Waals surface area contributed by atoms with Crippen molar-refractivity contribution in [3.63, 3.8) is 0 Å². The molecule has 0 radical (unpaired) electrons. The van der Waals surface area contributed by atoms with Gasteiger partial charge in [-0.3, -0.25) is 14.6 Å². The van der Waals surface area contributed by atoms with Gasteiger partial charge in [-0.2, -0.15) is 14.6 Å². The summed E-state index contributed by atoms with van der Waals surface area (Å²) in [6.07, 6.45) is 6.08. The minimum absolute atomic E-state index is 0.105. The molecule has 2 aromatic carbocycles. The van der Waals surface area contributed by atoms with Gasteiger partial charge in [-0.05, 0) is 40.9 Å². The third-order valence-electron chi connectivity index (χ3n) is 4.98. The van der Waals surface area contributed by atoms with E-state index in [2.05, 4.69) is 30.0 Å². The lowest BCUT2D eigenvalue weighted by Crippen LogP contribution is -2.14. The summed E-state index contributed by atoms with van der Waals surface area (Å²) in [7, 11) is 1.82. The Balaban J connectivity index is 1.30. The Bertz CT molecular complexity index is 1420. The van der Waals surface area contributed by atoms with E-state index in [0.29, 0.717) is 23.0 Å². The molecule has 0 spiro atoms. The van der Waals surface area contributed by atoms with Crippen molar-refractivity contribution in [1.82, 2.24) is 29.3 Å². The Morgan fingerprint density at radius 1 is 1.25 bits per heavy atom. The maximum absolute atomic E-state index is 12.4. The normalized spacial score (nSPS) is 11.2. The molecule has 0 atom stereocenters. The highest BCUT2D eigenvalue weighted by atomic mass is 35.5. The second kappa shape index (κ2) is 8.52. The molecule has 0 aliphatic heterocycles. The van der Waals surface area contributed by atoms with Gasteiger partial charge in [0.25, 0.3) is 0 Å². The van der Waals surface area contributed by atoms with Crippen LogP contribution in [0.15, 0.2) is 55.0 Å². The number of benzene rings is 2. The summed E-state index contributed by atoms with van der Waals surface area (Å²) < 4.78 is 6.18. The number of hydrogen-bond donors (Lipinski definition) is 2. The van der Waals surface area contributed by atoms with Gasteiger partial charge in [-0.25, -0.2) is 4.98 Å². The summed E-state index contributed by atoms with van der Waals surface area (Å²) in [5.41, 5.74) is 4.27. The Morgan fingerprint density at radius 2 is 2.16 bits per heavy atom. The van der Waals surface area contributed by atoms with Crippen molar-refractivity contribution in [3.8, 4) is 11.4 Å². The summed E-state index contributed by atoms with van der Waals surface area (Å²) in [6, 6.07) is 11.5. The topological polar surface area (TPSA) is 101 Å². The van der Waals surface area contributed by atoms with E-state index in [1.165, 1.54) is 11.5 Å². The monoisotopic (exact) mass is 463 g/mol. The molecule has 1 amide bonds. The summed E-state index contributed by atoms with van der Waals surface area (Å²) in [6.45, 7) is 0. The molecule has 160 valence electrons. The van der Waals surface area contributed by atoms with Crippen molar-refractivity contribution in [3.05, 3.63) is 76.1 Å². The zero-order valence-electron chi connectivity index (χ0n) is 17.0. The van der Waals surface area contributed by atoms with Crippen LogP contribution in [-0.2, 0) is 24.7 Å². The molecule has 0 aliphatic rings. The minimum atomic E-state index is -0.105. The van der Waals surface area contributed by atoms with Gasteiger partial charge in [0.1, 0.15) is 5.01 Å². The van der Waals surface area contributed by atoms with E-state index in [0.717, 1.165) is 32.6 Å². The number of halogens is 1. The molecule has 2 N–H and O–H groups in total. The Morgan fingerprint density at radius 3 is 3.00 bits per heavy atom. The zero-order chi connectivity index (χ0) is 22.1. The fraction of sp³-hybridized carbons (Fsp3) is 0.136. The van der Waals surface area contributed by atoms with Crippen LogP contribution in [0.5, 0.6) is 0 Å². The number of anilines is 1. The van der Waals surface area contributed by atoms with Crippen molar-refractivity contribution in [2.75, 3.05) is 5.32 Å². The third kappa shape index (κ3) is 4.25. The number of aryl methyl sites for hydroxylation is 1. The van der Waals surface area contributed by atoms with E-state index >= 15 is 0 Å². The number of H-pyrrole nitrogens is 1. The van der Waals surface area contributed by atoms with E-state index < -0.39 is 0 Å². The Hall–Kier alpha value is -3.56. The van der Waals surface area contributed by atoms with Gasteiger partial charge in [0.05, 0.1) is 29.4 Å². The largest absolute Gasteiger partial charge is 0.326 e. The lowest BCUT2D eigenvalue weighted by Gasteiger charge is -2.05. The van der Waals surface area contributed by atoms with E-state index in [-0.39, 0.29) is 12.3 Å². The fourth-order valence-electron chi connectivity index (χ4n) is 3.46. The number of aromatic nitrogens is 6. The molecule has 8 nitrogen and oxygen atoms in total. The number of carbonyl (C=O) groups excluding carboxylic acids is 1. The molecule has 0 saturated heterocycles. The third-order valence-corrected chi connectivity index (χ3v) is 6.13. The highest BCUT2D eigenvalue weighted by Crippen LogP contribution is 2.29. The molecule has 0 aliphatic carbocycles.